The Morgan fingerprint density at radius 1 is 1.21 bits per heavy atom. The summed E-state index contributed by atoms with van der Waals surface area (Å²) < 4.78 is 5.51. The van der Waals surface area contributed by atoms with E-state index in [0.717, 1.165) is 18.9 Å². The second-order valence-electron chi connectivity index (χ2n) is 5.76. The van der Waals surface area contributed by atoms with E-state index in [9.17, 15) is 9.59 Å². The number of carboxylic acids is 1. The molecule has 108 valence electrons. The molecule has 5 nitrogen and oxygen atoms in total. The smallest absolute Gasteiger partial charge is 0.307 e. The summed E-state index contributed by atoms with van der Waals surface area (Å²) in [5.74, 6) is -0.991. The van der Waals surface area contributed by atoms with Crippen LogP contribution < -0.4 is 0 Å². The van der Waals surface area contributed by atoms with Crippen LogP contribution in [-0.2, 0) is 14.3 Å². The van der Waals surface area contributed by atoms with Crippen LogP contribution >= 0.6 is 0 Å². The van der Waals surface area contributed by atoms with E-state index in [1.54, 1.807) is 11.9 Å². The molecule has 2 aliphatic carbocycles. The van der Waals surface area contributed by atoms with E-state index in [4.69, 9.17) is 9.84 Å². The van der Waals surface area contributed by atoms with Crippen molar-refractivity contribution >= 4 is 11.9 Å². The Morgan fingerprint density at radius 2 is 1.89 bits per heavy atom. The minimum Gasteiger partial charge on any atom is -0.481 e. The number of ether oxygens (including phenoxy) is 1. The third-order valence-electron chi connectivity index (χ3n) is 4.15. The SMILES string of the molecule is CN(CCOCC1CC1)C(=O)C1CCCC1C(=O)O. The van der Waals surface area contributed by atoms with E-state index in [1.165, 1.54) is 12.8 Å². The number of amides is 1. The summed E-state index contributed by atoms with van der Waals surface area (Å²) in [7, 11) is 1.74. The number of carboxylic acid groups (broad SMARTS) is 1. The van der Waals surface area contributed by atoms with Crippen LogP contribution in [0.4, 0.5) is 0 Å². The first kappa shape index (κ1) is 14.3. The van der Waals surface area contributed by atoms with Gasteiger partial charge in [0.2, 0.25) is 5.91 Å². The van der Waals surface area contributed by atoms with Gasteiger partial charge in [-0.05, 0) is 31.6 Å². The molecule has 0 bridgehead atoms. The maximum Gasteiger partial charge on any atom is 0.307 e. The highest BCUT2D eigenvalue weighted by Gasteiger charge is 2.38. The number of nitrogens with zero attached hydrogens (tertiary/aromatic N) is 1. The van der Waals surface area contributed by atoms with E-state index >= 15 is 0 Å². The highest BCUT2D eigenvalue weighted by Crippen LogP contribution is 2.33. The van der Waals surface area contributed by atoms with Gasteiger partial charge < -0.3 is 14.7 Å². The molecule has 1 N–H and O–H groups in total. The minimum absolute atomic E-state index is 0.0417. The van der Waals surface area contributed by atoms with Crippen molar-refractivity contribution < 1.29 is 19.4 Å². The van der Waals surface area contributed by atoms with Gasteiger partial charge in [-0.2, -0.15) is 0 Å². The molecule has 19 heavy (non-hydrogen) atoms. The number of aliphatic carboxylic acids is 1. The van der Waals surface area contributed by atoms with Crippen LogP contribution in [0.5, 0.6) is 0 Å². The van der Waals surface area contributed by atoms with Gasteiger partial charge in [-0.3, -0.25) is 9.59 Å². The standard InChI is InChI=1S/C14H23NO4/c1-15(7-8-19-9-10-5-6-10)13(16)11-3-2-4-12(11)14(17)18/h10-12H,2-9H2,1H3,(H,17,18). The molecule has 5 heteroatoms. The van der Waals surface area contributed by atoms with Gasteiger partial charge in [-0.25, -0.2) is 0 Å². The lowest BCUT2D eigenvalue weighted by molar-refractivity contribution is -0.148. The third-order valence-corrected chi connectivity index (χ3v) is 4.15. The molecule has 2 rings (SSSR count). The lowest BCUT2D eigenvalue weighted by Crippen LogP contribution is -2.38. The van der Waals surface area contributed by atoms with Crippen molar-refractivity contribution in [1.82, 2.24) is 4.90 Å². The lowest BCUT2D eigenvalue weighted by atomic mass is 9.95. The summed E-state index contributed by atoms with van der Waals surface area (Å²) >= 11 is 0. The monoisotopic (exact) mass is 269 g/mol. The summed E-state index contributed by atoms with van der Waals surface area (Å²) in [5, 5.41) is 9.10. The van der Waals surface area contributed by atoms with Crippen LogP contribution in [0, 0.1) is 17.8 Å². The molecular formula is C14H23NO4. The number of likely N-dealkylation sites (N-methyl/N-ethyl adjacent to an activating group) is 1. The maximum atomic E-state index is 12.2. The van der Waals surface area contributed by atoms with Crippen LogP contribution in [-0.4, -0.2) is 48.7 Å². The lowest BCUT2D eigenvalue weighted by Gasteiger charge is -2.23. The van der Waals surface area contributed by atoms with Gasteiger partial charge in [0.1, 0.15) is 0 Å². The maximum absolute atomic E-state index is 12.2. The Kier molecular flexibility index (Phi) is 4.80. The zero-order chi connectivity index (χ0) is 13.8. The van der Waals surface area contributed by atoms with Crippen LogP contribution in [0.25, 0.3) is 0 Å². The van der Waals surface area contributed by atoms with Gasteiger partial charge in [0, 0.05) is 20.2 Å². The molecule has 2 atom stereocenters. The number of carbonyl (C=O) groups is 2. The largest absolute Gasteiger partial charge is 0.481 e. The molecule has 0 aliphatic heterocycles. The first-order valence-electron chi connectivity index (χ1n) is 7.15. The normalized spacial score (nSPS) is 26.4. The van der Waals surface area contributed by atoms with Gasteiger partial charge in [-0.15, -0.1) is 0 Å². The van der Waals surface area contributed by atoms with E-state index in [0.29, 0.717) is 26.0 Å². The summed E-state index contributed by atoms with van der Waals surface area (Å²) in [6.07, 6.45) is 4.68. The van der Waals surface area contributed by atoms with E-state index < -0.39 is 11.9 Å². The summed E-state index contributed by atoms with van der Waals surface area (Å²) in [6.45, 7) is 1.89. The molecule has 2 fully saturated rings. The Balaban J connectivity index is 1.72. The number of rotatable bonds is 7. The Bertz CT molecular complexity index is 340. The van der Waals surface area contributed by atoms with E-state index in [1.807, 2.05) is 0 Å². The highest BCUT2D eigenvalue weighted by atomic mass is 16.5. The average Bonchev–Trinajstić information content (AvgIpc) is 3.06. The number of hydrogen-bond acceptors (Lipinski definition) is 3. The average molecular weight is 269 g/mol. The topological polar surface area (TPSA) is 66.8 Å². The van der Waals surface area contributed by atoms with Gasteiger partial charge in [0.15, 0.2) is 0 Å². The van der Waals surface area contributed by atoms with Crippen molar-refractivity contribution in [3.63, 3.8) is 0 Å². The van der Waals surface area contributed by atoms with Crippen molar-refractivity contribution in [2.75, 3.05) is 26.8 Å². The van der Waals surface area contributed by atoms with Crippen LogP contribution in [0.2, 0.25) is 0 Å². The zero-order valence-corrected chi connectivity index (χ0v) is 11.5. The quantitative estimate of drug-likeness (QED) is 0.709. The molecule has 0 aromatic carbocycles. The van der Waals surface area contributed by atoms with Crippen molar-refractivity contribution in [1.29, 1.82) is 0 Å². The van der Waals surface area contributed by atoms with Gasteiger partial charge in [-0.1, -0.05) is 6.42 Å². The van der Waals surface area contributed by atoms with Crippen molar-refractivity contribution in [2.45, 2.75) is 32.1 Å². The van der Waals surface area contributed by atoms with Crippen molar-refractivity contribution in [3.05, 3.63) is 0 Å². The first-order chi connectivity index (χ1) is 9.09. The Labute approximate surface area is 113 Å². The van der Waals surface area contributed by atoms with E-state index in [-0.39, 0.29) is 11.8 Å². The summed E-state index contributed by atoms with van der Waals surface area (Å²) in [5.41, 5.74) is 0. The number of carbonyl (C=O) groups excluding carboxylic acids is 1. The predicted molar refractivity (Wildman–Crippen MR) is 69.6 cm³/mol. The van der Waals surface area contributed by atoms with Crippen molar-refractivity contribution in [2.24, 2.45) is 17.8 Å². The van der Waals surface area contributed by atoms with Gasteiger partial charge in [0.05, 0.1) is 18.4 Å². The highest BCUT2D eigenvalue weighted by molar-refractivity contribution is 5.85. The minimum atomic E-state index is -0.839. The van der Waals surface area contributed by atoms with Gasteiger partial charge >= 0.3 is 5.97 Å². The molecule has 0 heterocycles. The number of hydrogen-bond donors (Lipinski definition) is 1. The fraction of sp³-hybridized carbons (Fsp3) is 0.857. The van der Waals surface area contributed by atoms with Crippen LogP contribution in [0.15, 0.2) is 0 Å². The fourth-order valence-electron chi connectivity index (χ4n) is 2.68. The van der Waals surface area contributed by atoms with Crippen LogP contribution in [0.3, 0.4) is 0 Å². The summed E-state index contributed by atoms with van der Waals surface area (Å²) in [6, 6.07) is 0. The van der Waals surface area contributed by atoms with Crippen LogP contribution in [0.1, 0.15) is 32.1 Å². The zero-order valence-electron chi connectivity index (χ0n) is 11.5. The molecule has 0 aromatic rings. The fourth-order valence-corrected chi connectivity index (χ4v) is 2.68. The summed E-state index contributed by atoms with van der Waals surface area (Å²) in [4.78, 5) is 24.9. The molecule has 0 aromatic heterocycles. The molecule has 0 spiro atoms. The third kappa shape index (κ3) is 3.93. The first-order valence-corrected chi connectivity index (χ1v) is 7.15. The molecule has 1 amide bonds. The molecule has 2 aliphatic rings. The second kappa shape index (κ2) is 6.37. The second-order valence-corrected chi connectivity index (χ2v) is 5.76. The molecule has 0 saturated heterocycles. The molecular weight excluding hydrogens is 246 g/mol. The van der Waals surface area contributed by atoms with Gasteiger partial charge in [0.25, 0.3) is 0 Å². The Morgan fingerprint density at radius 3 is 2.53 bits per heavy atom. The Hall–Kier alpha value is -1.10. The molecule has 2 unspecified atom stereocenters. The molecule has 0 radical (unpaired) electrons. The van der Waals surface area contributed by atoms with E-state index in [2.05, 4.69) is 0 Å². The van der Waals surface area contributed by atoms with Crippen molar-refractivity contribution in [3.8, 4) is 0 Å². The predicted octanol–water partition coefficient (Wildman–Crippen LogP) is 1.37. The molecule has 2 saturated carbocycles.